The first-order valence-electron chi connectivity index (χ1n) is 5.29. The minimum absolute atomic E-state index is 0.265. The zero-order valence-electron chi connectivity index (χ0n) is 9.40. The van der Waals surface area contributed by atoms with Crippen molar-refractivity contribution in [3.8, 4) is 0 Å². The molecule has 1 atom stereocenters. The topological polar surface area (TPSA) is 60.5 Å². The van der Waals surface area contributed by atoms with Crippen molar-refractivity contribution < 1.29 is 14.3 Å². The number of ether oxygens (including phenoxy) is 2. The molecule has 1 N–H and O–H groups in total. The quantitative estimate of drug-likeness (QED) is 0.813. The molecule has 2 rings (SSSR count). The number of hydrogen-bond donors (Lipinski definition) is 1. The molecule has 1 amide bonds. The summed E-state index contributed by atoms with van der Waals surface area (Å²) in [7, 11) is 0. The van der Waals surface area contributed by atoms with Crippen LogP contribution in [-0.4, -0.2) is 36.8 Å². The highest BCUT2D eigenvalue weighted by molar-refractivity contribution is 6.32. The molecule has 2 heterocycles. The van der Waals surface area contributed by atoms with Gasteiger partial charge in [0.1, 0.15) is 0 Å². The van der Waals surface area contributed by atoms with Crippen molar-refractivity contribution in [3.05, 3.63) is 23.0 Å². The average Bonchev–Trinajstić information content (AvgIpc) is 2.35. The molecule has 92 valence electrons. The SMILES string of the molecule is Cc1cnc(Cl)c(NC(=O)C2COCCO2)c1. The molecule has 1 fully saturated rings. The second kappa shape index (κ2) is 5.44. The fourth-order valence-corrected chi connectivity index (χ4v) is 1.64. The van der Waals surface area contributed by atoms with Gasteiger partial charge in [-0.2, -0.15) is 0 Å². The van der Waals surface area contributed by atoms with E-state index in [1.54, 1.807) is 12.3 Å². The molecule has 1 aromatic rings. The van der Waals surface area contributed by atoms with Gasteiger partial charge in [0.25, 0.3) is 5.91 Å². The van der Waals surface area contributed by atoms with E-state index in [4.69, 9.17) is 21.1 Å². The van der Waals surface area contributed by atoms with E-state index in [2.05, 4.69) is 10.3 Å². The van der Waals surface area contributed by atoms with Gasteiger partial charge in [-0.3, -0.25) is 4.79 Å². The summed E-state index contributed by atoms with van der Waals surface area (Å²) in [6, 6.07) is 1.76. The number of aryl methyl sites for hydroxylation is 1. The van der Waals surface area contributed by atoms with Crippen molar-refractivity contribution in [1.82, 2.24) is 4.98 Å². The predicted octanol–water partition coefficient (Wildman–Crippen LogP) is 1.40. The highest BCUT2D eigenvalue weighted by Crippen LogP contribution is 2.20. The summed E-state index contributed by atoms with van der Waals surface area (Å²) in [5.74, 6) is -0.265. The fourth-order valence-electron chi connectivity index (χ4n) is 1.49. The Hall–Kier alpha value is -1.17. The summed E-state index contributed by atoms with van der Waals surface area (Å²) in [6.07, 6.45) is 1.05. The van der Waals surface area contributed by atoms with Crippen LogP contribution in [0.5, 0.6) is 0 Å². The van der Waals surface area contributed by atoms with Gasteiger partial charge in [0, 0.05) is 6.20 Å². The second-order valence-electron chi connectivity index (χ2n) is 3.77. The number of nitrogens with one attached hydrogen (secondary N) is 1. The van der Waals surface area contributed by atoms with E-state index < -0.39 is 6.10 Å². The van der Waals surface area contributed by atoms with Gasteiger partial charge in [0.05, 0.1) is 25.5 Å². The van der Waals surface area contributed by atoms with Crippen molar-refractivity contribution in [2.24, 2.45) is 0 Å². The molecule has 1 saturated heterocycles. The maximum Gasteiger partial charge on any atom is 0.256 e. The lowest BCUT2D eigenvalue weighted by Crippen LogP contribution is -2.39. The molecule has 5 nitrogen and oxygen atoms in total. The van der Waals surface area contributed by atoms with E-state index in [1.165, 1.54) is 0 Å². The van der Waals surface area contributed by atoms with Gasteiger partial charge in [-0.15, -0.1) is 0 Å². The van der Waals surface area contributed by atoms with Crippen LogP contribution in [0, 0.1) is 6.92 Å². The molecule has 17 heavy (non-hydrogen) atoms. The summed E-state index contributed by atoms with van der Waals surface area (Å²) in [5, 5.41) is 2.95. The third-order valence-corrected chi connectivity index (χ3v) is 2.64. The van der Waals surface area contributed by atoms with Crippen molar-refractivity contribution >= 4 is 23.2 Å². The molecule has 0 aromatic carbocycles. The first-order valence-corrected chi connectivity index (χ1v) is 5.67. The molecular formula is C11H13ClN2O3. The van der Waals surface area contributed by atoms with Crippen molar-refractivity contribution in [2.75, 3.05) is 25.1 Å². The molecule has 0 saturated carbocycles. The average molecular weight is 257 g/mol. The van der Waals surface area contributed by atoms with Gasteiger partial charge in [-0.1, -0.05) is 11.6 Å². The van der Waals surface area contributed by atoms with Crippen molar-refractivity contribution in [3.63, 3.8) is 0 Å². The highest BCUT2D eigenvalue weighted by atomic mass is 35.5. The van der Waals surface area contributed by atoms with E-state index in [-0.39, 0.29) is 17.7 Å². The Kier molecular flexibility index (Phi) is 3.93. The Morgan fingerprint density at radius 3 is 3.12 bits per heavy atom. The van der Waals surface area contributed by atoms with Crippen LogP contribution in [0.25, 0.3) is 0 Å². The lowest BCUT2D eigenvalue weighted by Gasteiger charge is -2.22. The van der Waals surface area contributed by atoms with Gasteiger partial charge >= 0.3 is 0 Å². The zero-order valence-corrected chi connectivity index (χ0v) is 10.2. The van der Waals surface area contributed by atoms with Crippen LogP contribution in [0.1, 0.15) is 5.56 Å². The normalized spacial score (nSPS) is 20.0. The van der Waals surface area contributed by atoms with E-state index in [0.29, 0.717) is 18.9 Å². The fraction of sp³-hybridized carbons (Fsp3) is 0.455. The monoisotopic (exact) mass is 256 g/mol. The van der Waals surface area contributed by atoms with Gasteiger partial charge in [-0.25, -0.2) is 4.98 Å². The molecule has 1 aliphatic rings. The van der Waals surface area contributed by atoms with Crippen LogP contribution in [0.4, 0.5) is 5.69 Å². The van der Waals surface area contributed by atoms with Gasteiger partial charge in [0.2, 0.25) is 0 Å². The van der Waals surface area contributed by atoms with Gasteiger partial charge in [0.15, 0.2) is 11.3 Å². The molecule has 0 aliphatic carbocycles. The molecule has 1 aromatic heterocycles. The van der Waals surface area contributed by atoms with Gasteiger partial charge in [-0.05, 0) is 18.6 Å². The molecular weight excluding hydrogens is 244 g/mol. The largest absolute Gasteiger partial charge is 0.376 e. The van der Waals surface area contributed by atoms with Crippen LogP contribution >= 0.6 is 11.6 Å². The Morgan fingerprint density at radius 2 is 2.41 bits per heavy atom. The number of pyridine rings is 1. The summed E-state index contributed by atoms with van der Waals surface area (Å²) in [4.78, 5) is 15.8. The number of halogens is 1. The summed E-state index contributed by atoms with van der Waals surface area (Å²) in [5.41, 5.74) is 1.41. The number of rotatable bonds is 2. The smallest absolute Gasteiger partial charge is 0.256 e. The Morgan fingerprint density at radius 1 is 1.59 bits per heavy atom. The first-order chi connectivity index (χ1) is 8.16. The van der Waals surface area contributed by atoms with Crippen molar-refractivity contribution in [1.29, 1.82) is 0 Å². The molecule has 6 heteroatoms. The molecule has 0 spiro atoms. The number of carbonyl (C=O) groups is 1. The molecule has 1 aliphatic heterocycles. The van der Waals surface area contributed by atoms with E-state index in [9.17, 15) is 4.79 Å². The van der Waals surface area contributed by atoms with E-state index in [0.717, 1.165) is 5.56 Å². The van der Waals surface area contributed by atoms with Crippen LogP contribution in [-0.2, 0) is 14.3 Å². The predicted molar refractivity (Wildman–Crippen MR) is 63.2 cm³/mol. The first kappa shape index (κ1) is 12.3. The van der Waals surface area contributed by atoms with Crippen molar-refractivity contribution in [2.45, 2.75) is 13.0 Å². The van der Waals surface area contributed by atoms with E-state index in [1.807, 2.05) is 6.92 Å². The Labute approximate surface area is 104 Å². The molecule has 1 unspecified atom stereocenters. The Bertz CT molecular complexity index is 419. The van der Waals surface area contributed by atoms with Crippen LogP contribution in [0.2, 0.25) is 5.15 Å². The number of aromatic nitrogens is 1. The zero-order chi connectivity index (χ0) is 12.3. The highest BCUT2D eigenvalue weighted by Gasteiger charge is 2.23. The lowest BCUT2D eigenvalue weighted by atomic mass is 10.2. The van der Waals surface area contributed by atoms with Gasteiger partial charge < -0.3 is 14.8 Å². The summed E-state index contributed by atoms with van der Waals surface area (Å²) in [6.45, 7) is 3.09. The standard InChI is InChI=1S/C11H13ClN2O3/c1-7-4-8(10(12)13-5-7)14-11(15)9-6-16-2-3-17-9/h4-5,9H,2-3,6H2,1H3,(H,14,15). The number of amides is 1. The number of carbonyl (C=O) groups excluding carboxylic acids is 1. The molecule has 0 bridgehead atoms. The maximum absolute atomic E-state index is 11.8. The minimum Gasteiger partial charge on any atom is -0.376 e. The summed E-state index contributed by atoms with van der Waals surface area (Å²) >= 11 is 5.88. The number of nitrogens with zero attached hydrogens (tertiary/aromatic N) is 1. The third-order valence-electron chi connectivity index (χ3n) is 2.34. The lowest BCUT2D eigenvalue weighted by molar-refractivity contribution is -0.142. The number of anilines is 1. The maximum atomic E-state index is 11.8. The minimum atomic E-state index is -0.583. The second-order valence-corrected chi connectivity index (χ2v) is 4.13. The molecule has 0 radical (unpaired) electrons. The third kappa shape index (κ3) is 3.15. The van der Waals surface area contributed by atoms with Crippen LogP contribution in [0.3, 0.4) is 0 Å². The number of hydrogen-bond acceptors (Lipinski definition) is 4. The summed E-state index contributed by atoms with van der Waals surface area (Å²) < 4.78 is 10.4. The van der Waals surface area contributed by atoms with Crippen LogP contribution in [0.15, 0.2) is 12.3 Å². The van der Waals surface area contributed by atoms with Crippen LogP contribution < -0.4 is 5.32 Å². The van der Waals surface area contributed by atoms with E-state index >= 15 is 0 Å². The Balaban J connectivity index is 2.04.